The number of aryl methyl sites for hydroxylation is 2. The fourth-order valence-electron chi connectivity index (χ4n) is 4.86. The normalized spacial score (nSPS) is 18.7. The van der Waals surface area contributed by atoms with Crippen molar-refractivity contribution in [3.63, 3.8) is 0 Å². The van der Waals surface area contributed by atoms with Gasteiger partial charge in [0.2, 0.25) is 16.0 Å². The zero-order chi connectivity index (χ0) is 27.9. The number of hydrogen-bond donors (Lipinski definition) is 4. The second-order valence-corrected chi connectivity index (χ2v) is 14.6. The van der Waals surface area contributed by atoms with E-state index in [2.05, 4.69) is 25.3 Å². The summed E-state index contributed by atoms with van der Waals surface area (Å²) in [5, 5.41) is 18.0. The maximum absolute atomic E-state index is 12.4. The number of nitrogens with one attached hydrogen (secondary N) is 3. The molecular weight excluding hydrogens is 522 g/mol. The molecule has 0 bridgehead atoms. The highest BCUT2D eigenvalue weighted by Crippen LogP contribution is 2.39. The minimum Gasteiger partial charge on any atom is -0.390 e. The van der Waals surface area contributed by atoms with Crippen molar-refractivity contribution in [2.24, 2.45) is 5.92 Å². The van der Waals surface area contributed by atoms with Crippen molar-refractivity contribution in [2.75, 3.05) is 22.9 Å². The molecule has 3 aromatic heterocycles. The lowest BCUT2D eigenvalue weighted by molar-refractivity contribution is 0.0197. The van der Waals surface area contributed by atoms with Gasteiger partial charge in [-0.15, -0.1) is 11.3 Å². The molecule has 12 heteroatoms. The first-order valence-electron chi connectivity index (χ1n) is 13.0. The minimum atomic E-state index is -3.46. The van der Waals surface area contributed by atoms with E-state index in [4.69, 9.17) is 9.97 Å². The molecule has 0 radical (unpaired) electrons. The number of rotatable bonds is 9. The van der Waals surface area contributed by atoms with E-state index in [9.17, 15) is 13.5 Å². The number of pyridine rings is 1. The number of hydrogen-bond acceptors (Lipinski definition) is 10. The van der Waals surface area contributed by atoms with E-state index < -0.39 is 21.2 Å². The number of nitrogens with zero attached hydrogens (tertiary/aromatic N) is 4. The standard InChI is InChI=1S/C26H39N7O3S2/c1-15-20(23-31-21-16(2)27-11-10-19(21)37-23)22(30-18-9-8-17(14-18)26(6,7)34)32-24(29-15)28-12-13-38(35,36)33-25(3,4)5/h10-11,17-18,33-34H,8-9,12-14H2,1-7H3,(H2,28,29,30,32). The van der Waals surface area contributed by atoms with Gasteiger partial charge in [-0.25, -0.2) is 23.1 Å². The molecule has 1 saturated carbocycles. The molecule has 0 amide bonds. The summed E-state index contributed by atoms with van der Waals surface area (Å²) in [5.74, 6) is 1.11. The van der Waals surface area contributed by atoms with Crippen molar-refractivity contribution in [2.45, 2.75) is 84.9 Å². The van der Waals surface area contributed by atoms with Crippen LogP contribution in [0.3, 0.4) is 0 Å². The van der Waals surface area contributed by atoms with Gasteiger partial charge in [-0.05, 0) is 79.7 Å². The Hall–Kier alpha value is -2.41. The molecule has 1 aliphatic rings. The van der Waals surface area contributed by atoms with Crippen LogP contribution < -0.4 is 15.4 Å². The minimum absolute atomic E-state index is 0.1000. The molecule has 0 aliphatic heterocycles. The van der Waals surface area contributed by atoms with E-state index in [-0.39, 0.29) is 24.3 Å². The smallest absolute Gasteiger partial charge is 0.224 e. The number of anilines is 2. The fourth-order valence-corrected chi connectivity index (χ4v) is 7.38. The van der Waals surface area contributed by atoms with Crippen LogP contribution in [-0.4, -0.2) is 62.9 Å². The molecule has 38 heavy (non-hydrogen) atoms. The molecule has 0 spiro atoms. The first-order valence-corrected chi connectivity index (χ1v) is 15.4. The summed E-state index contributed by atoms with van der Waals surface area (Å²) < 4.78 is 28.6. The first kappa shape index (κ1) is 28.6. The van der Waals surface area contributed by atoms with E-state index in [0.717, 1.165) is 51.4 Å². The van der Waals surface area contributed by atoms with Crippen LogP contribution in [0.1, 0.15) is 65.3 Å². The van der Waals surface area contributed by atoms with Gasteiger partial charge in [0.05, 0.1) is 33.0 Å². The molecule has 1 aliphatic carbocycles. The molecule has 3 heterocycles. The van der Waals surface area contributed by atoms with Gasteiger partial charge < -0.3 is 15.7 Å². The number of aliphatic hydroxyl groups is 1. The highest BCUT2D eigenvalue weighted by molar-refractivity contribution is 7.89. The molecule has 0 saturated heterocycles. The van der Waals surface area contributed by atoms with E-state index in [1.54, 1.807) is 17.5 Å². The van der Waals surface area contributed by atoms with Crippen molar-refractivity contribution in [1.82, 2.24) is 24.7 Å². The third-order valence-corrected chi connectivity index (χ3v) is 9.39. The van der Waals surface area contributed by atoms with Gasteiger partial charge in [-0.1, -0.05) is 0 Å². The Morgan fingerprint density at radius 3 is 2.45 bits per heavy atom. The average Bonchev–Trinajstić information content (AvgIpc) is 3.39. The van der Waals surface area contributed by atoms with Gasteiger partial charge in [0.1, 0.15) is 16.3 Å². The predicted molar refractivity (Wildman–Crippen MR) is 154 cm³/mol. The first-order chi connectivity index (χ1) is 17.6. The van der Waals surface area contributed by atoms with Crippen LogP contribution >= 0.6 is 11.3 Å². The van der Waals surface area contributed by atoms with Crippen LogP contribution in [0.5, 0.6) is 0 Å². The summed E-state index contributed by atoms with van der Waals surface area (Å²) >= 11 is 1.57. The maximum atomic E-state index is 12.4. The number of thiazole rings is 1. The second kappa shape index (κ2) is 10.6. The molecule has 2 atom stereocenters. The van der Waals surface area contributed by atoms with Crippen LogP contribution in [0.2, 0.25) is 0 Å². The second-order valence-electron chi connectivity index (χ2n) is 11.7. The van der Waals surface area contributed by atoms with E-state index in [1.807, 2.05) is 54.5 Å². The Balaban J connectivity index is 1.63. The molecule has 0 aromatic carbocycles. The zero-order valence-corrected chi connectivity index (χ0v) is 24.8. The van der Waals surface area contributed by atoms with Crippen LogP contribution in [0.4, 0.5) is 11.8 Å². The Morgan fingerprint density at radius 2 is 1.82 bits per heavy atom. The highest BCUT2D eigenvalue weighted by atomic mass is 32.2. The van der Waals surface area contributed by atoms with Gasteiger partial charge >= 0.3 is 0 Å². The Morgan fingerprint density at radius 1 is 1.08 bits per heavy atom. The number of aromatic nitrogens is 4. The van der Waals surface area contributed by atoms with Gasteiger partial charge in [0.25, 0.3) is 0 Å². The monoisotopic (exact) mass is 561 g/mol. The SMILES string of the molecule is Cc1nc(NCCS(=O)(=O)NC(C)(C)C)nc(NC2CCC(C(C)(C)O)C2)c1-c1nc2c(C)nccc2s1. The molecule has 3 aromatic rings. The third kappa shape index (κ3) is 6.96. The summed E-state index contributed by atoms with van der Waals surface area (Å²) in [4.78, 5) is 18.7. The molecule has 2 unspecified atom stereocenters. The Labute approximate surface area is 229 Å². The zero-order valence-electron chi connectivity index (χ0n) is 23.2. The van der Waals surface area contributed by atoms with Crippen molar-refractivity contribution in [3.8, 4) is 10.6 Å². The predicted octanol–water partition coefficient (Wildman–Crippen LogP) is 4.25. The van der Waals surface area contributed by atoms with Gasteiger partial charge in [0, 0.05) is 24.3 Å². The van der Waals surface area contributed by atoms with Gasteiger partial charge in [0.15, 0.2) is 0 Å². The molecule has 208 valence electrons. The topological polar surface area (TPSA) is 142 Å². The van der Waals surface area contributed by atoms with Gasteiger partial charge in [-0.2, -0.15) is 4.98 Å². The number of sulfonamides is 1. The van der Waals surface area contributed by atoms with Crippen LogP contribution in [0.25, 0.3) is 20.8 Å². The quantitative estimate of drug-likeness (QED) is 0.302. The molecule has 1 fully saturated rings. The summed E-state index contributed by atoms with van der Waals surface area (Å²) in [6.45, 7) is 13.2. The Bertz CT molecular complexity index is 1410. The average molecular weight is 562 g/mol. The maximum Gasteiger partial charge on any atom is 0.224 e. The summed E-state index contributed by atoms with van der Waals surface area (Å²) in [6.07, 6.45) is 4.46. The molecule has 10 nitrogen and oxygen atoms in total. The van der Waals surface area contributed by atoms with E-state index in [0.29, 0.717) is 11.8 Å². The lowest BCUT2D eigenvalue weighted by atomic mass is 9.89. The lowest BCUT2D eigenvalue weighted by Gasteiger charge is -2.25. The van der Waals surface area contributed by atoms with Crippen molar-refractivity contribution in [3.05, 3.63) is 23.7 Å². The van der Waals surface area contributed by atoms with E-state index in [1.165, 1.54) is 0 Å². The van der Waals surface area contributed by atoms with E-state index >= 15 is 0 Å². The number of fused-ring (bicyclic) bond motifs is 1. The van der Waals surface area contributed by atoms with Crippen LogP contribution in [0, 0.1) is 19.8 Å². The summed E-state index contributed by atoms with van der Waals surface area (Å²) in [6, 6.07) is 2.10. The molecule has 4 rings (SSSR count). The van der Waals surface area contributed by atoms with Crippen molar-refractivity contribution in [1.29, 1.82) is 0 Å². The largest absolute Gasteiger partial charge is 0.390 e. The third-order valence-electron chi connectivity index (χ3n) is 6.68. The Kier molecular flexibility index (Phi) is 8.00. The van der Waals surface area contributed by atoms with Crippen molar-refractivity contribution < 1.29 is 13.5 Å². The van der Waals surface area contributed by atoms with Gasteiger partial charge in [-0.3, -0.25) is 4.98 Å². The fraction of sp³-hybridized carbons (Fsp3) is 0.615. The highest BCUT2D eigenvalue weighted by Gasteiger charge is 2.35. The van der Waals surface area contributed by atoms with Crippen LogP contribution in [0.15, 0.2) is 12.3 Å². The molecule has 4 N–H and O–H groups in total. The van der Waals surface area contributed by atoms with Crippen molar-refractivity contribution >= 4 is 43.3 Å². The summed E-state index contributed by atoms with van der Waals surface area (Å²) in [5.41, 5.74) is 2.01. The molecular formula is C26H39N7O3S2. The summed E-state index contributed by atoms with van der Waals surface area (Å²) in [7, 11) is -3.46. The van der Waals surface area contributed by atoms with Crippen LogP contribution in [-0.2, 0) is 10.0 Å². The lowest BCUT2D eigenvalue weighted by Crippen LogP contribution is -2.42.